The predicted molar refractivity (Wildman–Crippen MR) is 112 cm³/mol. The van der Waals surface area contributed by atoms with Gasteiger partial charge in [-0.15, -0.1) is 0 Å². The molecule has 162 valence electrons. The third-order valence-electron chi connectivity index (χ3n) is 5.17. The fourth-order valence-electron chi connectivity index (χ4n) is 3.51. The third-order valence-corrected chi connectivity index (χ3v) is 5.17. The molecule has 3 N–H and O–H groups in total. The number of imide groups is 1. The summed E-state index contributed by atoms with van der Waals surface area (Å²) in [5, 5.41) is 21.2. The van der Waals surface area contributed by atoms with E-state index in [0.717, 1.165) is 0 Å². The molecule has 0 spiro atoms. The fourth-order valence-corrected chi connectivity index (χ4v) is 3.51. The Bertz CT molecular complexity index is 951. The SMILES string of the molecule is O=C(CCCCCN1C(=O)c2ccccc2C1=O)N[C@H](Cc1ccc(O)cc1)C(=O)O. The number of carboxylic acid groups (broad SMARTS) is 1. The second-order valence-corrected chi connectivity index (χ2v) is 7.45. The van der Waals surface area contributed by atoms with Crippen molar-refractivity contribution in [3.63, 3.8) is 0 Å². The van der Waals surface area contributed by atoms with Crippen molar-refractivity contribution in [1.29, 1.82) is 0 Å². The molecule has 0 radical (unpaired) electrons. The number of phenols is 1. The van der Waals surface area contributed by atoms with Crippen molar-refractivity contribution >= 4 is 23.7 Å². The van der Waals surface area contributed by atoms with E-state index in [1.807, 2.05) is 0 Å². The summed E-state index contributed by atoms with van der Waals surface area (Å²) in [6.07, 6.45) is 1.97. The summed E-state index contributed by atoms with van der Waals surface area (Å²) < 4.78 is 0. The van der Waals surface area contributed by atoms with E-state index in [-0.39, 0.29) is 42.9 Å². The zero-order valence-electron chi connectivity index (χ0n) is 16.9. The Balaban J connectivity index is 1.40. The van der Waals surface area contributed by atoms with Gasteiger partial charge in [-0.2, -0.15) is 0 Å². The highest BCUT2D eigenvalue weighted by Gasteiger charge is 2.34. The summed E-state index contributed by atoms with van der Waals surface area (Å²) in [5.74, 6) is -2.01. The van der Waals surface area contributed by atoms with Gasteiger partial charge in [-0.25, -0.2) is 4.79 Å². The molecule has 0 unspecified atom stereocenters. The Kier molecular flexibility index (Phi) is 7.02. The first kappa shape index (κ1) is 22.0. The van der Waals surface area contributed by atoms with Crippen LogP contribution >= 0.6 is 0 Å². The maximum absolute atomic E-state index is 12.3. The van der Waals surface area contributed by atoms with Crippen molar-refractivity contribution in [3.8, 4) is 5.75 Å². The van der Waals surface area contributed by atoms with Gasteiger partial charge < -0.3 is 15.5 Å². The molecule has 0 saturated carbocycles. The lowest BCUT2D eigenvalue weighted by molar-refractivity contribution is -0.141. The summed E-state index contributed by atoms with van der Waals surface area (Å²) in [6, 6.07) is 11.8. The Hall–Kier alpha value is -3.68. The van der Waals surface area contributed by atoms with Crippen LogP contribution in [0.1, 0.15) is 52.0 Å². The molecule has 0 fully saturated rings. The van der Waals surface area contributed by atoms with Gasteiger partial charge in [0.05, 0.1) is 11.1 Å². The number of nitrogens with one attached hydrogen (secondary N) is 1. The zero-order chi connectivity index (χ0) is 22.4. The number of amides is 3. The monoisotopic (exact) mass is 424 g/mol. The average molecular weight is 424 g/mol. The molecule has 31 heavy (non-hydrogen) atoms. The first-order chi connectivity index (χ1) is 14.9. The van der Waals surface area contributed by atoms with Gasteiger partial charge in [-0.05, 0) is 42.7 Å². The zero-order valence-corrected chi connectivity index (χ0v) is 16.9. The maximum Gasteiger partial charge on any atom is 0.326 e. The Morgan fingerprint density at radius 2 is 1.52 bits per heavy atom. The molecular formula is C23H24N2O6. The number of fused-ring (bicyclic) bond motifs is 1. The quantitative estimate of drug-likeness (QED) is 0.397. The number of hydrogen-bond donors (Lipinski definition) is 3. The van der Waals surface area contributed by atoms with Gasteiger partial charge in [0.1, 0.15) is 11.8 Å². The first-order valence-corrected chi connectivity index (χ1v) is 10.1. The van der Waals surface area contributed by atoms with Crippen LogP contribution in [-0.2, 0) is 16.0 Å². The highest BCUT2D eigenvalue weighted by atomic mass is 16.4. The Labute approximate surface area is 179 Å². The molecular weight excluding hydrogens is 400 g/mol. The maximum atomic E-state index is 12.3. The van der Waals surface area contributed by atoms with Crippen molar-refractivity contribution in [2.24, 2.45) is 0 Å². The van der Waals surface area contributed by atoms with Crippen LogP contribution in [0, 0.1) is 0 Å². The largest absolute Gasteiger partial charge is 0.508 e. The van der Waals surface area contributed by atoms with Gasteiger partial charge in [0.25, 0.3) is 11.8 Å². The van der Waals surface area contributed by atoms with Gasteiger partial charge in [0, 0.05) is 19.4 Å². The number of aromatic hydroxyl groups is 1. The van der Waals surface area contributed by atoms with Crippen LogP contribution in [0.2, 0.25) is 0 Å². The summed E-state index contributed by atoms with van der Waals surface area (Å²) >= 11 is 0. The van der Waals surface area contributed by atoms with Crippen LogP contribution in [0.15, 0.2) is 48.5 Å². The average Bonchev–Trinajstić information content (AvgIpc) is 2.99. The highest BCUT2D eigenvalue weighted by Crippen LogP contribution is 2.22. The van der Waals surface area contributed by atoms with Crippen LogP contribution < -0.4 is 5.32 Å². The number of carbonyl (C=O) groups excluding carboxylic acids is 3. The van der Waals surface area contributed by atoms with Crippen molar-refractivity contribution < 1.29 is 29.4 Å². The molecule has 0 bridgehead atoms. The molecule has 0 aliphatic carbocycles. The van der Waals surface area contributed by atoms with Gasteiger partial charge in [0.15, 0.2) is 0 Å². The normalized spacial score (nSPS) is 13.7. The van der Waals surface area contributed by atoms with Crippen LogP contribution in [0.4, 0.5) is 0 Å². The Morgan fingerprint density at radius 1 is 0.903 bits per heavy atom. The lowest BCUT2D eigenvalue weighted by Crippen LogP contribution is -2.42. The van der Waals surface area contributed by atoms with E-state index in [9.17, 15) is 29.4 Å². The minimum atomic E-state index is -1.13. The number of hydrogen-bond acceptors (Lipinski definition) is 5. The number of aliphatic carboxylic acids is 1. The van der Waals surface area contributed by atoms with Gasteiger partial charge in [0.2, 0.25) is 5.91 Å². The van der Waals surface area contributed by atoms with Gasteiger partial charge >= 0.3 is 5.97 Å². The molecule has 8 nitrogen and oxygen atoms in total. The van der Waals surface area contributed by atoms with Gasteiger partial charge in [-0.3, -0.25) is 19.3 Å². The van der Waals surface area contributed by atoms with Crippen molar-refractivity contribution in [1.82, 2.24) is 10.2 Å². The number of benzene rings is 2. The van der Waals surface area contributed by atoms with E-state index >= 15 is 0 Å². The van der Waals surface area contributed by atoms with E-state index in [1.165, 1.54) is 17.0 Å². The molecule has 2 aromatic rings. The van der Waals surface area contributed by atoms with E-state index in [0.29, 0.717) is 36.0 Å². The predicted octanol–water partition coefficient (Wildman–Crippen LogP) is 2.36. The minimum absolute atomic E-state index is 0.0841. The van der Waals surface area contributed by atoms with Crippen molar-refractivity contribution in [3.05, 3.63) is 65.2 Å². The van der Waals surface area contributed by atoms with Crippen LogP contribution in [0.25, 0.3) is 0 Å². The second-order valence-electron chi connectivity index (χ2n) is 7.45. The molecule has 1 aliphatic rings. The van der Waals surface area contributed by atoms with Crippen molar-refractivity contribution in [2.45, 2.75) is 38.1 Å². The number of unbranched alkanes of at least 4 members (excludes halogenated alkanes) is 2. The lowest BCUT2D eigenvalue weighted by atomic mass is 10.1. The number of carboxylic acids is 1. The van der Waals surface area contributed by atoms with E-state index in [4.69, 9.17) is 0 Å². The summed E-state index contributed by atoms with van der Waals surface area (Å²) in [4.78, 5) is 49.4. The number of carbonyl (C=O) groups is 4. The molecule has 8 heteroatoms. The number of nitrogens with zero attached hydrogens (tertiary/aromatic N) is 1. The molecule has 0 aromatic heterocycles. The molecule has 0 saturated heterocycles. The standard InChI is InChI=1S/C23H24N2O6/c26-16-11-9-15(10-12-16)14-19(23(30)31)24-20(27)8-2-1-5-13-25-21(28)17-6-3-4-7-18(17)22(25)29/h3-4,6-7,9-12,19,26H,1-2,5,8,13-14H2,(H,24,27)(H,30,31)/t19-/m1/s1. The van der Waals surface area contributed by atoms with Gasteiger partial charge in [-0.1, -0.05) is 30.7 Å². The second kappa shape index (κ2) is 9.88. The topological polar surface area (TPSA) is 124 Å². The van der Waals surface area contributed by atoms with Crippen LogP contribution in [0.5, 0.6) is 5.75 Å². The molecule has 1 heterocycles. The molecule has 2 aromatic carbocycles. The third kappa shape index (κ3) is 5.48. The van der Waals surface area contributed by atoms with E-state index in [2.05, 4.69) is 5.32 Å². The van der Waals surface area contributed by atoms with Crippen LogP contribution in [0.3, 0.4) is 0 Å². The molecule has 3 amide bonds. The summed E-state index contributed by atoms with van der Waals surface area (Å²) in [7, 11) is 0. The van der Waals surface area contributed by atoms with Crippen molar-refractivity contribution in [2.75, 3.05) is 6.54 Å². The first-order valence-electron chi connectivity index (χ1n) is 10.1. The fraction of sp³-hybridized carbons (Fsp3) is 0.304. The summed E-state index contributed by atoms with van der Waals surface area (Å²) in [6.45, 7) is 0.284. The minimum Gasteiger partial charge on any atom is -0.508 e. The van der Waals surface area contributed by atoms with E-state index < -0.39 is 12.0 Å². The van der Waals surface area contributed by atoms with E-state index in [1.54, 1.807) is 36.4 Å². The lowest BCUT2D eigenvalue weighted by Gasteiger charge is -2.15. The number of phenolic OH excluding ortho intramolecular Hbond substituents is 1. The molecule has 1 aliphatic heterocycles. The summed E-state index contributed by atoms with van der Waals surface area (Å²) in [5.41, 5.74) is 1.52. The Morgan fingerprint density at radius 3 is 2.10 bits per heavy atom. The number of rotatable bonds is 10. The molecule has 3 rings (SSSR count). The molecule has 1 atom stereocenters. The smallest absolute Gasteiger partial charge is 0.326 e. The highest BCUT2D eigenvalue weighted by molar-refractivity contribution is 6.21. The van der Waals surface area contributed by atoms with Crippen LogP contribution in [-0.4, -0.2) is 51.4 Å².